The van der Waals surface area contributed by atoms with Crippen LogP contribution in [-0.2, 0) is 19.4 Å². The van der Waals surface area contributed by atoms with E-state index < -0.39 is 22.0 Å². The van der Waals surface area contributed by atoms with E-state index in [2.05, 4.69) is 11.1 Å². The summed E-state index contributed by atoms with van der Waals surface area (Å²) in [5.74, 6) is -1.39. The van der Waals surface area contributed by atoms with E-state index in [1.807, 2.05) is 0 Å². The van der Waals surface area contributed by atoms with Crippen molar-refractivity contribution in [1.29, 1.82) is 0 Å². The largest absolute Gasteiger partial charge is 0.479 e. The van der Waals surface area contributed by atoms with E-state index in [1.165, 1.54) is 12.8 Å². The molecule has 0 saturated heterocycles. The van der Waals surface area contributed by atoms with Crippen LogP contribution in [0.2, 0.25) is 0 Å². The van der Waals surface area contributed by atoms with Crippen LogP contribution < -0.4 is 0 Å². The molecular formula is C12H24O6S. The average Bonchev–Trinajstić information content (AvgIpc) is 2.25. The highest BCUT2D eigenvalue weighted by Crippen LogP contribution is 2.22. The van der Waals surface area contributed by atoms with Crippen LogP contribution in [0.1, 0.15) is 65.2 Å². The summed E-state index contributed by atoms with van der Waals surface area (Å²) in [5, 5.41) is 8.97. The van der Waals surface area contributed by atoms with Crippen molar-refractivity contribution in [1.82, 2.24) is 0 Å². The quantitative estimate of drug-likeness (QED) is 0.449. The van der Waals surface area contributed by atoms with Crippen LogP contribution in [0.15, 0.2) is 0 Å². The summed E-state index contributed by atoms with van der Waals surface area (Å²) in [6.07, 6.45) is 7.02. The Kier molecular flexibility index (Phi) is 8.20. The molecule has 6 nitrogen and oxygen atoms in total. The molecule has 1 unspecified atom stereocenters. The van der Waals surface area contributed by atoms with Crippen LogP contribution in [-0.4, -0.2) is 29.6 Å². The Morgan fingerprint density at radius 3 is 2.00 bits per heavy atom. The van der Waals surface area contributed by atoms with Crippen molar-refractivity contribution in [2.45, 2.75) is 70.8 Å². The number of aliphatic carboxylic acids is 1. The average molecular weight is 296 g/mol. The Hall–Kier alpha value is -0.660. The summed E-state index contributed by atoms with van der Waals surface area (Å²) in [6, 6.07) is 0. The monoisotopic (exact) mass is 296 g/mol. The second-order valence-corrected chi connectivity index (χ2v) is 5.94. The third kappa shape index (κ3) is 8.96. The van der Waals surface area contributed by atoms with Crippen LogP contribution >= 0.6 is 0 Å². The SMILES string of the molecule is CCCCCCCCCC(C)(OS(=O)(=O)O)C(=O)O. The first-order valence-electron chi connectivity index (χ1n) is 6.63. The fourth-order valence-electron chi connectivity index (χ4n) is 1.84. The number of carbonyl (C=O) groups is 1. The maximum atomic E-state index is 11.0. The molecule has 0 aromatic carbocycles. The van der Waals surface area contributed by atoms with Crippen molar-refractivity contribution < 1.29 is 27.1 Å². The molecule has 0 bridgehead atoms. The van der Waals surface area contributed by atoms with Gasteiger partial charge in [0, 0.05) is 0 Å². The summed E-state index contributed by atoms with van der Waals surface area (Å²) in [6.45, 7) is 3.28. The van der Waals surface area contributed by atoms with Crippen molar-refractivity contribution >= 4 is 16.4 Å². The van der Waals surface area contributed by atoms with Gasteiger partial charge in [0.1, 0.15) is 0 Å². The number of hydrogen-bond acceptors (Lipinski definition) is 4. The highest BCUT2D eigenvalue weighted by Gasteiger charge is 2.38. The van der Waals surface area contributed by atoms with Crippen molar-refractivity contribution in [2.24, 2.45) is 0 Å². The van der Waals surface area contributed by atoms with Gasteiger partial charge in [0.05, 0.1) is 0 Å². The summed E-state index contributed by atoms with van der Waals surface area (Å²) >= 11 is 0. The molecule has 1 atom stereocenters. The first-order valence-corrected chi connectivity index (χ1v) is 7.99. The molecule has 0 rings (SSSR count). The lowest BCUT2D eigenvalue weighted by atomic mass is 9.98. The molecule has 0 aliphatic rings. The van der Waals surface area contributed by atoms with Crippen molar-refractivity contribution in [3.63, 3.8) is 0 Å². The zero-order valence-electron chi connectivity index (χ0n) is 11.6. The first-order chi connectivity index (χ1) is 8.71. The predicted octanol–water partition coefficient (Wildman–Crippen LogP) is 2.79. The Labute approximate surface area is 115 Å². The first kappa shape index (κ1) is 18.3. The van der Waals surface area contributed by atoms with E-state index >= 15 is 0 Å². The van der Waals surface area contributed by atoms with Gasteiger partial charge in [0.2, 0.25) is 0 Å². The van der Waals surface area contributed by atoms with Gasteiger partial charge in [-0.25, -0.2) is 8.98 Å². The van der Waals surface area contributed by atoms with Gasteiger partial charge < -0.3 is 5.11 Å². The molecule has 0 spiro atoms. The molecule has 7 heteroatoms. The van der Waals surface area contributed by atoms with Crippen LogP contribution in [0.5, 0.6) is 0 Å². The van der Waals surface area contributed by atoms with E-state index in [-0.39, 0.29) is 6.42 Å². The van der Waals surface area contributed by atoms with Gasteiger partial charge in [-0.15, -0.1) is 0 Å². The van der Waals surface area contributed by atoms with E-state index in [0.29, 0.717) is 6.42 Å². The third-order valence-electron chi connectivity index (χ3n) is 3.00. The summed E-state index contributed by atoms with van der Waals surface area (Å²) in [5.41, 5.74) is -1.89. The smallest absolute Gasteiger partial charge is 0.398 e. The maximum Gasteiger partial charge on any atom is 0.398 e. The van der Waals surface area contributed by atoms with Crippen LogP contribution in [0.25, 0.3) is 0 Å². The maximum absolute atomic E-state index is 11.0. The number of unbranched alkanes of at least 4 members (excludes halogenated alkanes) is 6. The second-order valence-electron chi connectivity index (χ2n) is 4.92. The molecule has 0 saturated carbocycles. The summed E-state index contributed by atoms with van der Waals surface area (Å²) < 4.78 is 34.1. The number of hydrogen-bond donors (Lipinski definition) is 2. The van der Waals surface area contributed by atoms with Crippen LogP contribution in [0, 0.1) is 0 Å². The topological polar surface area (TPSA) is 101 Å². The third-order valence-corrected chi connectivity index (χ3v) is 3.58. The normalized spacial score (nSPS) is 15.1. The minimum absolute atomic E-state index is 0.0515. The molecule has 0 amide bonds. The molecular weight excluding hydrogens is 272 g/mol. The molecule has 0 aliphatic heterocycles. The van der Waals surface area contributed by atoms with Gasteiger partial charge in [-0.2, -0.15) is 8.42 Å². The van der Waals surface area contributed by atoms with E-state index in [9.17, 15) is 13.2 Å². The van der Waals surface area contributed by atoms with Crippen LogP contribution in [0.3, 0.4) is 0 Å². The minimum atomic E-state index is -4.76. The second kappa shape index (κ2) is 8.50. The zero-order chi connectivity index (χ0) is 14.9. The van der Waals surface area contributed by atoms with Gasteiger partial charge in [0.15, 0.2) is 5.60 Å². The summed E-state index contributed by atoms with van der Waals surface area (Å²) in [4.78, 5) is 11.0. The summed E-state index contributed by atoms with van der Waals surface area (Å²) in [7, 11) is -4.76. The predicted molar refractivity (Wildman–Crippen MR) is 71.3 cm³/mol. The fraction of sp³-hybridized carbons (Fsp3) is 0.917. The fourth-order valence-corrected chi connectivity index (χ4v) is 2.46. The van der Waals surface area contributed by atoms with E-state index in [0.717, 1.165) is 32.6 Å². The highest BCUT2D eigenvalue weighted by atomic mass is 32.3. The standard InChI is InChI=1S/C12H24O6S/c1-3-4-5-6-7-8-9-10-12(2,11(13)14)18-19(15,16)17/h3-10H2,1-2H3,(H,13,14)(H,15,16,17). The van der Waals surface area contributed by atoms with Gasteiger partial charge in [-0.05, 0) is 19.8 Å². The molecule has 0 fully saturated rings. The molecule has 19 heavy (non-hydrogen) atoms. The number of carboxylic acids is 1. The van der Waals surface area contributed by atoms with Crippen molar-refractivity contribution in [2.75, 3.05) is 0 Å². The Bertz CT molecular complexity index is 364. The van der Waals surface area contributed by atoms with Crippen LogP contribution in [0.4, 0.5) is 0 Å². The van der Waals surface area contributed by atoms with Gasteiger partial charge in [-0.1, -0.05) is 45.4 Å². The lowest BCUT2D eigenvalue weighted by molar-refractivity contribution is -0.154. The molecule has 114 valence electrons. The molecule has 0 heterocycles. The van der Waals surface area contributed by atoms with Gasteiger partial charge in [-0.3, -0.25) is 4.55 Å². The molecule has 0 aromatic rings. The van der Waals surface area contributed by atoms with Crippen molar-refractivity contribution in [3.8, 4) is 0 Å². The Morgan fingerprint density at radius 1 is 1.11 bits per heavy atom. The van der Waals surface area contributed by atoms with Gasteiger partial charge in [0.25, 0.3) is 0 Å². The lowest BCUT2D eigenvalue weighted by Crippen LogP contribution is -2.40. The minimum Gasteiger partial charge on any atom is -0.479 e. The number of rotatable bonds is 11. The van der Waals surface area contributed by atoms with Crippen molar-refractivity contribution in [3.05, 3.63) is 0 Å². The van der Waals surface area contributed by atoms with E-state index in [1.54, 1.807) is 0 Å². The molecule has 0 radical (unpaired) electrons. The zero-order valence-corrected chi connectivity index (χ0v) is 12.4. The molecule has 2 N–H and O–H groups in total. The molecule has 0 aromatic heterocycles. The Balaban J connectivity index is 4.06. The van der Waals surface area contributed by atoms with E-state index in [4.69, 9.17) is 9.66 Å². The molecule has 0 aliphatic carbocycles. The Morgan fingerprint density at radius 2 is 1.58 bits per heavy atom. The number of carboxylic acid groups (broad SMARTS) is 1. The van der Waals surface area contributed by atoms with Gasteiger partial charge >= 0.3 is 16.4 Å². The highest BCUT2D eigenvalue weighted by molar-refractivity contribution is 7.81. The lowest BCUT2D eigenvalue weighted by Gasteiger charge is -2.22.